The van der Waals surface area contributed by atoms with Gasteiger partial charge < -0.3 is 5.32 Å². The molecule has 4 rings (SSSR count). The van der Waals surface area contributed by atoms with Gasteiger partial charge >= 0.3 is 0 Å². The van der Waals surface area contributed by atoms with E-state index in [1.165, 1.54) is 11.1 Å². The Kier molecular flexibility index (Phi) is 3.87. The van der Waals surface area contributed by atoms with Crippen molar-refractivity contribution in [1.29, 1.82) is 0 Å². The molecule has 1 N–H and O–H groups in total. The number of rotatable bonds is 4. The molecule has 0 aliphatic heterocycles. The SMILES string of the molecule is O=C(NCc1cccc(-n2cccn2)c1)[C@H]1CCc2ccccc21. The minimum absolute atomic E-state index is 0.0181. The van der Waals surface area contributed by atoms with Gasteiger partial charge in [-0.1, -0.05) is 36.4 Å². The van der Waals surface area contributed by atoms with E-state index in [-0.39, 0.29) is 11.8 Å². The van der Waals surface area contributed by atoms with Crippen LogP contribution in [0.15, 0.2) is 67.0 Å². The molecule has 4 nitrogen and oxygen atoms in total. The van der Waals surface area contributed by atoms with E-state index in [2.05, 4.69) is 28.6 Å². The number of aromatic nitrogens is 2. The minimum Gasteiger partial charge on any atom is -0.351 e. The molecule has 1 amide bonds. The highest BCUT2D eigenvalue weighted by molar-refractivity contribution is 5.84. The van der Waals surface area contributed by atoms with Crippen molar-refractivity contribution >= 4 is 5.91 Å². The standard InChI is InChI=1S/C20H19N3O/c24-20(19-10-9-16-6-1-2-8-18(16)19)21-14-15-5-3-7-17(13-15)23-12-4-11-22-23/h1-8,11-13,19H,9-10,14H2,(H,21,24)/t19-/m0/s1. The Morgan fingerprint density at radius 2 is 2.08 bits per heavy atom. The Balaban J connectivity index is 1.44. The zero-order valence-electron chi connectivity index (χ0n) is 13.4. The average Bonchev–Trinajstić information content (AvgIpc) is 3.29. The van der Waals surface area contributed by atoms with Crippen LogP contribution in [-0.4, -0.2) is 15.7 Å². The molecule has 0 fully saturated rings. The molecule has 1 atom stereocenters. The summed E-state index contributed by atoms with van der Waals surface area (Å²) in [5.74, 6) is 0.0972. The lowest BCUT2D eigenvalue weighted by atomic mass is 10.0. The van der Waals surface area contributed by atoms with Gasteiger partial charge in [0.15, 0.2) is 0 Å². The van der Waals surface area contributed by atoms with Crippen LogP contribution in [-0.2, 0) is 17.8 Å². The van der Waals surface area contributed by atoms with E-state index in [9.17, 15) is 4.79 Å². The number of carbonyl (C=O) groups excluding carboxylic acids is 1. The van der Waals surface area contributed by atoms with Crippen LogP contribution in [0.25, 0.3) is 5.69 Å². The second kappa shape index (κ2) is 6.32. The van der Waals surface area contributed by atoms with Crippen LogP contribution in [0.4, 0.5) is 0 Å². The predicted molar refractivity (Wildman–Crippen MR) is 92.9 cm³/mol. The van der Waals surface area contributed by atoms with Crippen LogP contribution in [0.2, 0.25) is 0 Å². The first kappa shape index (κ1) is 14.7. The molecule has 1 aromatic heterocycles. The number of hydrogen-bond acceptors (Lipinski definition) is 2. The van der Waals surface area contributed by atoms with E-state index in [0.717, 1.165) is 24.1 Å². The molecule has 1 heterocycles. The Hall–Kier alpha value is -2.88. The molecule has 0 bridgehead atoms. The lowest BCUT2D eigenvalue weighted by molar-refractivity contribution is -0.122. The third-order valence-electron chi connectivity index (χ3n) is 4.60. The van der Waals surface area contributed by atoms with Gasteiger partial charge in [0.1, 0.15) is 0 Å². The zero-order chi connectivity index (χ0) is 16.4. The summed E-state index contributed by atoms with van der Waals surface area (Å²) in [5.41, 5.74) is 4.55. The zero-order valence-corrected chi connectivity index (χ0v) is 13.4. The van der Waals surface area contributed by atoms with Gasteiger partial charge in [-0.15, -0.1) is 0 Å². The number of hydrogen-bond donors (Lipinski definition) is 1. The average molecular weight is 317 g/mol. The number of aryl methyl sites for hydroxylation is 1. The highest BCUT2D eigenvalue weighted by atomic mass is 16.1. The first-order chi connectivity index (χ1) is 11.8. The first-order valence-corrected chi connectivity index (χ1v) is 8.26. The molecule has 0 unspecified atom stereocenters. The second-order valence-electron chi connectivity index (χ2n) is 6.13. The maximum absolute atomic E-state index is 12.6. The third-order valence-corrected chi connectivity index (χ3v) is 4.60. The molecule has 24 heavy (non-hydrogen) atoms. The van der Waals surface area contributed by atoms with Crippen molar-refractivity contribution in [2.45, 2.75) is 25.3 Å². The molecular formula is C20H19N3O. The van der Waals surface area contributed by atoms with Crippen molar-refractivity contribution in [1.82, 2.24) is 15.1 Å². The topological polar surface area (TPSA) is 46.9 Å². The van der Waals surface area contributed by atoms with E-state index in [0.29, 0.717) is 6.54 Å². The van der Waals surface area contributed by atoms with Gasteiger partial charge in [-0.2, -0.15) is 5.10 Å². The summed E-state index contributed by atoms with van der Waals surface area (Å²) in [6, 6.07) is 18.2. The summed E-state index contributed by atoms with van der Waals surface area (Å²) < 4.78 is 1.82. The predicted octanol–water partition coefficient (Wildman–Crippen LogP) is 3.22. The number of benzene rings is 2. The Bertz CT molecular complexity index is 855. The second-order valence-corrected chi connectivity index (χ2v) is 6.13. The van der Waals surface area contributed by atoms with Gasteiger partial charge in [0.05, 0.1) is 11.6 Å². The fourth-order valence-electron chi connectivity index (χ4n) is 3.37. The fraction of sp³-hybridized carbons (Fsp3) is 0.200. The molecule has 120 valence electrons. The van der Waals surface area contributed by atoms with Crippen LogP contribution < -0.4 is 5.32 Å². The normalized spacial score (nSPS) is 15.9. The Morgan fingerprint density at radius 3 is 2.96 bits per heavy atom. The van der Waals surface area contributed by atoms with Gasteiger partial charge in [0.25, 0.3) is 0 Å². The Labute approximate surface area is 141 Å². The largest absolute Gasteiger partial charge is 0.351 e. The number of nitrogens with one attached hydrogen (secondary N) is 1. The lowest BCUT2D eigenvalue weighted by Gasteiger charge is -2.13. The number of nitrogens with zero attached hydrogens (tertiary/aromatic N) is 2. The van der Waals surface area contributed by atoms with E-state index in [4.69, 9.17) is 0 Å². The van der Waals surface area contributed by atoms with Crippen molar-refractivity contribution in [3.8, 4) is 5.69 Å². The van der Waals surface area contributed by atoms with E-state index in [1.54, 1.807) is 6.20 Å². The molecule has 1 aliphatic rings. The van der Waals surface area contributed by atoms with Gasteiger partial charge in [-0.3, -0.25) is 4.79 Å². The number of amides is 1. The summed E-state index contributed by atoms with van der Waals surface area (Å²) in [6.45, 7) is 0.534. The molecule has 3 aromatic rings. The number of carbonyl (C=O) groups is 1. The van der Waals surface area contributed by atoms with Gasteiger partial charge in [0.2, 0.25) is 5.91 Å². The van der Waals surface area contributed by atoms with Crippen molar-refractivity contribution in [2.24, 2.45) is 0 Å². The Morgan fingerprint density at radius 1 is 1.17 bits per heavy atom. The van der Waals surface area contributed by atoms with E-state index in [1.807, 2.05) is 47.3 Å². The molecule has 4 heteroatoms. The summed E-state index contributed by atoms with van der Waals surface area (Å²) in [7, 11) is 0. The smallest absolute Gasteiger partial charge is 0.227 e. The van der Waals surface area contributed by atoms with Crippen LogP contribution in [0.1, 0.15) is 29.0 Å². The van der Waals surface area contributed by atoms with Crippen LogP contribution in [0.5, 0.6) is 0 Å². The summed E-state index contributed by atoms with van der Waals surface area (Å²) >= 11 is 0. The van der Waals surface area contributed by atoms with Crippen molar-refractivity contribution in [2.75, 3.05) is 0 Å². The molecule has 1 aliphatic carbocycles. The van der Waals surface area contributed by atoms with Crippen LogP contribution >= 0.6 is 0 Å². The van der Waals surface area contributed by atoms with Crippen molar-refractivity contribution in [3.63, 3.8) is 0 Å². The van der Waals surface area contributed by atoms with E-state index >= 15 is 0 Å². The minimum atomic E-state index is -0.0181. The summed E-state index contributed by atoms with van der Waals surface area (Å²) in [5, 5.41) is 7.33. The maximum atomic E-state index is 12.6. The molecule has 0 radical (unpaired) electrons. The van der Waals surface area contributed by atoms with Gasteiger partial charge in [-0.05, 0) is 47.7 Å². The quantitative estimate of drug-likeness (QED) is 0.803. The number of fused-ring (bicyclic) bond motifs is 1. The third kappa shape index (κ3) is 2.83. The molecule has 0 saturated carbocycles. The lowest BCUT2D eigenvalue weighted by Crippen LogP contribution is -2.27. The van der Waals surface area contributed by atoms with Crippen molar-refractivity contribution in [3.05, 3.63) is 83.7 Å². The van der Waals surface area contributed by atoms with Gasteiger partial charge in [0, 0.05) is 18.9 Å². The maximum Gasteiger partial charge on any atom is 0.227 e. The molecular weight excluding hydrogens is 298 g/mol. The molecule has 0 spiro atoms. The first-order valence-electron chi connectivity index (χ1n) is 8.26. The van der Waals surface area contributed by atoms with Crippen LogP contribution in [0, 0.1) is 0 Å². The highest BCUT2D eigenvalue weighted by Crippen LogP contribution is 2.32. The molecule has 2 aromatic carbocycles. The molecule has 0 saturated heterocycles. The van der Waals surface area contributed by atoms with Gasteiger partial charge in [-0.25, -0.2) is 4.68 Å². The van der Waals surface area contributed by atoms with Crippen LogP contribution in [0.3, 0.4) is 0 Å². The van der Waals surface area contributed by atoms with Crippen molar-refractivity contribution < 1.29 is 4.79 Å². The summed E-state index contributed by atoms with van der Waals surface area (Å²) in [4.78, 5) is 12.6. The highest BCUT2D eigenvalue weighted by Gasteiger charge is 2.27. The fourth-order valence-corrected chi connectivity index (χ4v) is 3.37. The van der Waals surface area contributed by atoms with E-state index < -0.39 is 0 Å². The monoisotopic (exact) mass is 317 g/mol. The summed E-state index contributed by atoms with van der Waals surface area (Å²) in [6.07, 6.45) is 5.56.